The lowest BCUT2D eigenvalue weighted by Gasteiger charge is -2.11. The van der Waals surface area contributed by atoms with E-state index in [9.17, 15) is 14.4 Å². The predicted molar refractivity (Wildman–Crippen MR) is 108 cm³/mol. The number of anilines is 2. The van der Waals surface area contributed by atoms with Gasteiger partial charge in [0.05, 0.1) is 23.8 Å². The molecule has 3 N–H and O–H groups in total. The number of esters is 2. The van der Waals surface area contributed by atoms with Crippen LogP contribution in [0.3, 0.4) is 0 Å². The zero-order valence-electron chi connectivity index (χ0n) is 16.3. The van der Waals surface area contributed by atoms with E-state index in [4.69, 9.17) is 14.6 Å². The second-order valence-corrected chi connectivity index (χ2v) is 6.35. The van der Waals surface area contributed by atoms with Crippen molar-refractivity contribution in [2.45, 2.75) is 20.0 Å². The highest BCUT2D eigenvalue weighted by molar-refractivity contribution is 5.98. The van der Waals surface area contributed by atoms with Crippen LogP contribution in [0.15, 0.2) is 48.5 Å². The third-order valence-electron chi connectivity index (χ3n) is 3.66. The molecule has 2 aromatic carbocycles. The Balaban J connectivity index is 1.88. The SMILES string of the molecule is CC(C)OC(=O)c1ccc(NC(=O)COC(=O)c2ccccc2NCCO)cc1. The number of benzene rings is 2. The number of ether oxygens (including phenoxy) is 2. The lowest BCUT2D eigenvalue weighted by Crippen LogP contribution is -2.21. The Kier molecular flexibility index (Phi) is 8.17. The van der Waals surface area contributed by atoms with Gasteiger partial charge in [-0.05, 0) is 50.2 Å². The number of amides is 1. The summed E-state index contributed by atoms with van der Waals surface area (Å²) in [4.78, 5) is 36.1. The Morgan fingerprint density at radius 2 is 1.69 bits per heavy atom. The lowest BCUT2D eigenvalue weighted by molar-refractivity contribution is -0.119. The van der Waals surface area contributed by atoms with Crippen LogP contribution in [0.1, 0.15) is 34.6 Å². The number of rotatable bonds is 9. The van der Waals surface area contributed by atoms with Crippen molar-refractivity contribution in [1.82, 2.24) is 0 Å². The van der Waals surface area contributed by atoms with Crippen molar-refractivity contribution in [3.05, 3.63) is 59.7 Å². The molecule has 2 aromatic rings. The molecule has 0 unspecified atom stereocenters. The van der Waals surface area contributed by atoms with Gasteiger partial charge in [-0.2, -0.15) is 0 Å². The highest BCUT2D eigenvalue weighted by Gasteiger charge is 2.14. The van der Waals surface area contributed by atoms with E-state index in [0.717, 1.165) is 0 Å². The number of para-hydroxylation sites is 1. The van der Waals surface area contributed by atoms with Crippen LogP contribution in [-0.4, -0.2) is 48.8 Å². The predicted octanol–water partition coefficient (Wildman–Crippen LogP) is 2.45. The molecule has 0 bridgehead atoms. The molecule has 0 atom stereocenters. The van der Waals surface area contributed by atoms with Gasteiger partial charge in [0.25, 0.3) is 5.91 Å². The quantitative estimate of drug-likeness (QED) is 0.554. The van der Waals surface area contributed by atoms with E-state index < -0.39 is 24.5 Å². The highest BCUT2D eigenvalue weighted by Crippen LogP contribution is 2.16. The van der Waals surface area contributed by atoms with Crippen LogP contribution in [0.25, 0.3) is 0 Å². The first-order valence-electron chi connectivity index (χ1n) is 9.12. The molecule has 8 nitrogen and oxygen atoms in total. The average Bonchev–Trinajstić information content (AvgIpc) is 2.70. The number of hydrogen-bond donors (Lipinski definition) is 3. The molecule has 8 heteroatoms. The smallest absolute Gasteiger partial charge is 0.340 e. The molecule has 154 valence electrons. The fourth-order valence-electron chi connectivity index (χ4n) is 2.38. The maximum atomic E-state index is 12.2. The molecule has 0 aliphatic rings. The largest absolute Gasteiger partial charge is 0.459 e. The van der Waals surface area contributed by atoms with E-state index in [-0.39, 0.29) is 24.8 Å². The summed E-state index contributed by atoms with van der Waals surface area (Å²) < 4.78 is 10.2. The Labute approximate surface area is 168 Å². The van der Waals surface area contributed by atoms with E-state index in [1.807, 2.05) is 0 Å². The second-order valence-electron chi connectivity index (χ2n) is 6.35. The lowest BCUT2D eigenvalue weighted by atomic mass is 10.2. The minimum Gasteiger partial charge on any atom is -0.459 e. The molecule has 29 heavy (non-hydrogen) atoms. The average molecular weight is 400 g/mol. The van der Waals surface area contributed by atoms with E-state index in [2.05, 4.69) is 10.6 Å². The fraction of sp³-hybridized carbons (Fsp3) is 0.286. The first-order valence-corrected chi connectivity index (χ1v) is 9.12. The maximum Gasteiger partial charge on any atom is 0.340 e. The molecule has 0 saturated carbocycles. The Bertz CT molecular complexity index is 849. The molecule has 0 spiro atoms. The molecule has 0 aliphatic carbocycles. The molecule has 0 fully saturated rings. The molecular weight excluding hydrogens is 376 g/mol. The van der Waals surface area contributed by atoms with Gasteiger partial charge in [-0.25, -0.2) is 9.59 Å². The van der Waals surface area contributed by atoms with Gasteiger partial charge >= 0.3 is 11.9 Å². The van der Waals surface area contributed by atoms with Crippen molar-refractivity contribution in [2.75, 3.05) is 30.4 Å². The zero-order chi connectivity index (χ0) is 21.2. The van der Waals surface area contributed by atoms with Crippen LogP contribution in [0.5, 0.6) is 0 Å². The van der Waals surface area contributed by atoms with Gasteiger partial charge in [-0.15, -0.1) is 0 Å². The summed E-state index contributed by atoms with van der Waals surface area (Å²) >= 11 is 0. The number of nitrogens with one attached hydrogen (secondary N) is 2. The van der Waals surface area contributed by atoms with Gasteiger partial charge in [0.15, 0.2) is 6.61 Å². The first-order chi connectivity index (χ1) is 13.9. The van der Waals surface area contributed by atoms with Gasteiger partial charge in [-0.3, -0.25) is 4.79 Å². The Morgan fingerprint density at radius 1 is 1.00 bits per heavy atom. The van der Waals surface area contributed by atoms with Crippen molar-refractivity contribution >= 4 is 29.2 Å². The molecule has 0 heterocycles. The number of hydrogen-bond acceptors (Lipinski definition) is 7. The normalized spacial score (nSPS) is 10.3. The number of aliphatic hydroxyl groups excluding tert-OH is 1. The van der Waals surface area contributed by atoms with Crippen LogP contribution in [0.2, 0.25) is 0 Å². The molecule has 0 aromatic heterocycles. The third kappa shape index (κ3) is 6.93. The van der Waals surface area contributed by atoms with Crippen LogP contribution >= 0.6 is 0 Å². The summed E-state index contributed by atoms with van der Waals surface area (Å²) in [5.41, 5.74) is 1.60. The second kappa shape index (κ2) is 10.8. The van der Waals surface area contributed by atoms with Gasteiger partial charge in [0, 0.05) is 17.9 Å². The topological polar surface area (TPSA) is 114 Å². The van der Waals surface area contributed by atoms with Gasteiger partial charge in [-0.1, -0.05) is 12.1 Å². The number of carbonyl (C=O) groups excluding carboxylic acids is 3. The van der Waals surface area contributed by atoms with E-state index in [1.54, 1.807) is 50.2 Å². The Morgan fingerprint density at radius 3 is 2.34 bits per heavy atom. The van der Waals surface area contributed by atoms with Crippen LogP contribution < -0.4 is 10.6 Å². The minimum absolute atomic E-state index is 0.0836. The monoisotopic (exact) mass is 400 g/mol. The molecule has 0 radical (unpaired) electrons. The van der Waals surface area contributed by atoms with Gasteiger partial charge in [0.2, 0.25) is 0 Å². The highest BCUT2D eigenvalue weighted by atomic mass is 16.5. The van der Waals surface area contributed by atoms with Crippen molar-refractivity contribution in [3.8, 4) is 0 Å². The molecule has 0 aliphatic heterocycles. The third-order valence-corrected chi connectivity index (χ3v) is 3.66. The van der Waals surface area contributed by atoms with Crippen LogP contribution in [0.4, 0.5) is 11.4 Å². The maximum absolute atomic E-state index is 12.2. The minimum atomic E-state index is -0.659. The molecule has 0 saturated heterocycles. The summed E-state index contributed by atoms with van der Waals surface area (Å²) in [7, 11) is 0. The van der Waals surface area contributed by atoms with Crippen LogP contribution in [0, 0.1) is 0 Å². The molecular formula is C21H24N2O6. The van der Waals surface area contributed by atoms with Crippen LogP contribution in [-0.2, 0) is 14.3 Å². The van der Waals surface area contributed by atoms with Gasteiger partial charge < -0.3 is 25.2 Å². The fourth-order valence-corrected chi connectivity index (χ4v) is 2.38. The summed E-state index contributed by atoms with van der Waals surface area (Å²) in [6.45, 7) is 3.25. The van der Waals surface area contributed by atoms with Crippen molar-refractivity contribution in [2.24, 2.45) is 0 Å². The first kappa shape index (κ1) is 21.9. The van der Waals surface area contributed by atoms with E-state index >= 15 is 0 Å². The van der Waals surface area contributed by atoms with Crippen molar-refractivity contribution in [3.63, 3.8) is 0 Å². The van der Waals surface area contributed by atoms with E-state index in [0.29, 0.717) is 16.9 Å². The van der Waals surface area contributed by atoms with Crippen molar-refractivity contribution < 1.29 is 29.0 Å². The number of carbonyl (C=O) groups is 3. The summed E-state index contributed by atoms with van der Waals surface area (Å²) in [6.07, 6.45) is -0.222. The standard InChI is InChI=1S/C21H24N2O6/c1-14(2)29-20(26)15-7-9-16(10-8-15)23-19(25)13-28-21(27)17-5-3-4-6-18(17)22-11-12-24/h3-10,14,22,24H,11-13H2,1-2H3,(H,23,25). The summed E-state index contributed by atoms with van der Waals surface area (Å²) in [6, 6.07) is 12.9. The van der Waals surface area contributed by atoms with Crippen molar-refractivity contribution in [1.29, 1.82) is 0 Å². The molecule has 2 rings (SSSR count). The molecule has 1 amide bonds. The van der Waals surface area contributed by atoms with E-state index in [1.165, 1.54) is 12.1 Å². The Hall–Kier alpha value is -3.39. The zero-order valence-corrected chi connectivity index (χ0v) is 16.3. The summed E-state index contributed by atoms with van der Waals surface area (Å²) in [5.74, 6) is -1.62. The summed E-state index contributed by atoms with van der Waals surface area (Å²) in [5, 5.41) is 14.4. The van der Waals surface area contributed by atoms with Gasteiger partial charge in [0.1, 0.15) is 0 Å². The number of aliphatic hydroxyl groups is 1.